The predicted molar refractivity (Wildman–Crippen MR) is 98.5 cm³/mol. The number of aryl methyl sites for hydroxylation is 2. The zero-order valence-corrected chi connectivity index (χ0v) is 16.0. The highest BCUT2D eigenvalue weighted by atomic mass is 31.2. The summed E-state index contributed by atoms with van der Waals surface area (Å²) in [6.07, 6.45) is 3.37. The molecule has 2 rings (SSSR count). The van der Waals surface area contributed by atoms with Crippen molar-refractivity contribution < 1.29 is 23.6 Å². The Bertz CT molecular complexity index is 839. The Kier molecular flexibility index (Phi) is 6.23. The Balaban J connectivity index is 2.26. The first-order valence-corrected chi connectivity index (χ1v) is 9.42. The summed E-state index contributed by atoms with van der Waals surface area (Å²) in [4.78, 5) is 8.14. The van der Waals surface area contributed by atoms with E-state index in [-0.39, 0.29) is 28.4 Å². The van der Waals surface area contributed by atoms with Crippen molar-refractivity contribution in [3.8, 4) is 17.2 Å². The quantitative estimate of drug-likeness (QED) is 0.516. The lowest BCUT2D eigenvalue weighted by atomic mass is 10.2. The molecule has 2 N–H and O–H groups in total. The SMILES string of the molecule is C=C(CC)P(=O)(ONc1cnc(C)cn1)Oc1cc(C)c(O)c(OC)c1. The highest BCUT2D eigenvalue weighted by Crippen LogP contribution is 2.56. The Labute approximate surface area is 152 Å². The van der Waals surface area contributed by atoms with Crippen LogP contribution in [0.25, 0.3) is 0 Å². The van der Waals surface area contributed by atoms with Crippen LogP contribution in [0.3, 0.4) is 0 Å². The number of aromatic nitrogens is 2. The van der Waals surface area contributed by atoms with Gasteiger partial charge in [0.2, 0.25) is 0 Å². The average Bonchev–Trinajstić information content (AvgIpc) is 2.63. The first kappa shape index (κ1) is 19.8. The number of rotatable bonds is 8. The van der Waals surface area contributed by atoms with Gasteiger partial charge in [0.05, 0.1) is 25.2 Å². The highest BCUT2D eigenvalue weighted by molar-refractivity contribution is 7.58. The van der Waals surface area contributed by atoms with Gasteiger partial charge in [-0.05, 0) is 31.9 Å². The highest BCUT2D eigenvalue weighted by Gasteiger charge is 2.31. The van der Waals surface area contributed by atoms with E-state index in [1.54, 1.807) is 27.0 Å². The maximum Gasteiger partial charge on any atom is 0.427 e. The van der Waals surface area contributed by atoms with Crippen LogP contribution in [0.5, 0.6) is 17.2 Å². The molecule has 1 aromatic heterocycles. The molecule has 0 aliphatic carbocycles. The Hall–Kier alpha value is -2.57. The number of aromatic hydroxyl groups is 1. The predicted octanol–water partition coefficient (Wildman–Crippen LogP) is 4.35. The van der Waals surface area contributed by atoms with Gasteiger partial charge in [0, 0.05) is 11.4 Å². The molecule has 0 aliphatic heterocycles. The number of hydrogen-bond acceptors (Lipinski definition) is 8. The summed E-state index contributed by atoms with van der Waals surface area (Å²) in [6, 6.07) is 2.95. The van der Waals surface area contributed by atoms with Gasteiger partial charge in [-0.1, -0.05) is 13.5 Å². The second-order valence-corrected chi connectivity index (χ2v) is 7.53. The molecule has 1 heterocycles. The van der Waals surface area contributed by atoms with Crippen LogP contribution in [0.2, 0.25) is 0 Å². The molecule has 1 atom stereocenters. The molecule has 26 heavy (non-hydrogen) atoms. The lowest BCUT2D eigenvalue weighted by molar-refractivity contribution is 0.320. The number of nitrogens with zero attached hydrogens (tertiary/aromatic N) is 2. The van der Waals surface area contributed by atoms with Crippen LogP contribution in [0, 0.1) is 13.8 Å². The van der Waals surface area contributed by atoms with E-state index >= 15 is 0 Å². The smallest absolute Gasteiger partial charge is 0.427 e. The van der Waals surface area contributed by atoms with E-state index < -0.39 is 7.60 Å². The summed E-state index contributed by atoms with van der Waals surface area (Å²) >= 11 is 0. The Morgan fingerprint density at radius 1 is 1.31 bits per heavy atom. The minimum Gasteiger partial charge on any atom is -0.504 e. The third kappa shape index (κ3) is 4.53. The second-order valence-electron chi connectivity index (χ2n) is 5.54. The van der Waals surface area contributed by atoms with Gasteiger partial charge in [-0.3, -0.25) is 4.98 Å². The number of allylic oxidation sites excluding steroid dienone is 1. The minimum atomic E-state index is -3.79. The number of ether oxygens (including phenoxy) is 1. The maximum atomic E-state index is 13.2. The van der Waals surface area contributed by atoms with Crippen molar-refractivity contribution in [2.75, 3.05) is 12.6 Å². The van der Waals surface area contributed by atoms with Gasteiger partial charge >= 0.3 is 7.60 Å². The molecular weight excluding hydrogens is 357 g/mol. The summed E-state index contributed by atoms with van der Waals surface area (Å²) in [6.45, 7) is 9.04. The standard InChI is InChI=1S/C17H22N3O5P/c1-6-13(4)26(22,25-20-16-10-18-12(3)9-19-16)24-14-7-11(2)17(21)15(8-14)23-5/h7-10,21H,4,6H2,1-3,5H3,(H,19,20). The number of nitrogens with one attached hydrogen (secondary N) is 1. The van der Waals surface area contributed by atoms with Crippen LogP contribution in [0.4, 0.5) is 5.82 Å². The third-order valence-electron chi connectivity index (χ3n) is 3.53. The van der Waals surface area contributed by atoms with Crippen LogP contribution in [0.15, 0.2) is 36.4 Å². The number of methoxy groups -OCH3 is 1. The van der Waals surface area contributed by atoms with E-state index in [1.165, 1.54) is 25.4 Å². The summed E-state index contributed by atoms with van der Waals surface area (Å²) in [5.74, 6) is 0.679. The topological polar surface area (TPSA) is 103 Å². The minimum absolute atomic E-state index is 0.0158. The van der Waals surface area contributed by atoms with Crippen molar-refractivity contribution >= 4 is 13.4 Å². The van der Waals surface area contributed by atoms with Gasteiger partial charge in [0.15, 0.2) is 17.3 Å². The van der Waals surface area contributed by atoms with Gasteiger partial charge in [-0.15, -0.1) is 0 Å². The van der Waals surface area contributed by atoms with Gasteiger partial charge in [-0.25, -0.2) is 15.0 Å². The first-order chi connectivity index (χ1) is 12.3. The van der Waals surface area contributed by atoms with Crippen molar-refractivity contribution in [3.63, 3.8) is 0 Å². The van der Waals surface area contributed by atoms with Crippen LogP contribution in [-0.4, -0.2) is 22.2 Å². The molecule has 140 valence electrons. The van der Waals surface area contributed by atoms with Crippen LogP contribution < -0.4 is 14.7 Å². The van der Waals surface area contributed by atoms with Crippen molar-refractivity contribution in [1.29, 1.82) is 0 Å². The number of benzene rings is 1. The molecule has 8 nitrogen and oxygen atoms in total. The van der Waals surface area contributed by atoms with Gasteiger partial charge in [0.25, 0.3) is 0 Å². The number of anilines is 1. The molecule has 1 unspecified atom stereocenters. The lowest BCUT2D eigenvalue weighted by Gasteiger charge is -2.21. The number of phenols is 1. The molecule has 0 amide bonds. The molecule has 1 aromatic carbocycles. The summed E-state index contributed by atoms with van der Waals surface area (Å²) < 4.78 is 29.2. The van der Waals surface area contributed by atoms with Crippen molar-refractivity contribution in [1.82, 2.24) is 9.97 Å². The normalized spacial score (nSPS) is 12.9. The zero-order valence-electron chi connectivity index (χ0n) is 15.1. The van der Waals surface area contributed by atoms with Crippen molar-refractivity contribution in [2.24, 2.45) is 0 Å². The number of hydrogen-bond donors (Lipinski definition) is 2. The monoisotopic (exact) mass is 379 g/mol. The average molecular weight is 379 g/mol. The molecule has 0 radical (unpaired) electrons. The fourth-order valence-electron chi connectivity index (χ4n) is 1.96. The molecule has 2 aromatic rings. The summed E-state index contributed by atoms with van der Waals surface area (Å²) in [5, 5.41) is 10.2. The van der Waals surface area contributed by atoms with E-state index in [2.05, 4.69) is 22.0 Å². The third-order valence-corrected chi connectivity index (χ3v) is 5.40. The summed E-state index contributed by atoms with van der Waals surface area (Å²) in [7, 11) is -2.37. The van der Waals surface area contributed by atoms with E-state index in [1.807, 2.05) is 0 Å². The van der Waals surface area contributed by atoms with E-state index in [0.717, 1.165) is 5.69 Å². The van der Waals surface area contributed by atoms with Gasteiger partial charge < -0.3 is 14.4 Å². The van der Waals surface area contributed by atoms with E-state index in [4.69, 9.17) is 13.9 Å². The van der Waals surface area contributed by atoms with Gasteiger partial charge in [0.1, 0.15) is 5.75 Å². The van der Waals surface area contributed by atoms with Crippen LogP contribution in [-0.2, 0) is 9.19 Å². The fourth-order valence-corrected chi connectivity index (χ4v) is 3.24. The summed E-state index contributed by atoms with van der Waals surface area (Å²) in [5.41, 5.74) is 3.74. The molecule has 0 fully saturated rings. The molecule has 0 bridgehead atoms. The van der Waals surface area contributed by atoms with Crippen molar-refractivity contribution in [2.45, 2.75) is 27.2 Å². The van der Waals surface area contributed by atoms with Crippen LogP contribution >= 0.6 is 7.60 Å². The van der Waals surface area contributed by atoms with Crippen molar-refractivity contribution in [3.05, 3.63) is 47.7 Å². The van der Waals surface area contributed by atoms with E-state index in [0.29, 0.717) is 12.0 Å². The zero-order chi connectivity index (χ0) is 19.3. The Morgan fingerprint density at radius 3 is 2.62 bits per heavy atom. The fraction of sp³-hybridized carbons (Fsp3) is 0.294. The molecule has 9 heteroatoms. The number of phenolic OH excluding ortho intramolecular Hbond substituents is 1. The van der Waals surface area contributed by atoms with Crippen LogP contribution in [0.1, 0.15) is 24.6 Å². The molecule has 0 saturated heterocycles. The maximum absolute atomic E-state index is 13.2. The largest absolute Gasteiger partial charge is 0.504 e. The second kappa shape index (κ2) is 8.21. The van der Waals surface area contributed by atoms with E-state index in [9.17, 15) is 9.67 Å². The molecular formula is C17H22N3O5P. The molecule has 0 aliphatic rings. The Morgan fingerprint density at radius 2 is 2.04 bits per heavy atom. The lowest BCUT2D eigenvalue weighted by Crippen LogP contribution is -2.07. The molecule has 0 spiro atoms. The molecule has 0 saturated carbocycles. The first-order valence-electron chi connectivity index (χ1n) is 7.88. The van der Waals surface area contributed by atoms with Gasteiger partial charge in [-0.2, -0.15) is 4.62 Å².